The maximum absolute atomic E-state index is 9.76. The van der Waals surface area contributed by atoms with Crippen molar-refractivity contribution in [3.63, 3.8) is 0 Å². The molecule has 0 aliphatic rings. The molecule has 1 atom stereocenters. The van der Waals surface area contributed by atoms with Gasteiger partial charge in [-0.2, -0.15) is 0 Å². The first-order valence-electron chi connectivity index (χ1n) is 7.26. The molecule has 1 aromatic carbocycles. The molecule has 1 heterocycles. The van der Waals surface area contributed by atoms with Crippen LogP contribution in [0.25, 0.3) is 0 Å². The molecule has 4 heteroatoms. The summed E-state index contributed by atoms with van der Waals surface area (Å²) in [4.78, 5) is 4.61. The van der Waals surface area contributed by atoms with Gasteiger partial charge in [0.05, 0.1) is 11.8 Å². The summed E-state index contributed by atoms with van der Waals surface area (Å²) >= 11 is 1.63. The summed E-state index contributed by atoms with van der Waals surface area (Å²) in [5.74, 6) is 0.801. The Bertz CT molecular complexity index is 569. The van der Waals surface area contributed by atoms with Gasteiger partial charge in [-0.15, -0.1) is 11.3 Å². The summed E-state index contributed by atoms with van der Waals surface area (Å²) < 4.78 is 5.75. The van der Waals surface area contributed by atoms with Gasteiger partial charge in [0, 0.05) is 10.8 Å². The molecule has 2 aromatic rings. The number of hydrogen-bond donors (Lipinski definition) is 1. The van der Waals surface area contributed by atoms with Crippen LogP contribution in [-0.2, 0) is 12.0 Å². The van der Waals surface area contributed by atoms with Crippen molar-refractivity contribution >= 4 is 11.3 Å². The van der Waals surface area contributed by atoms with Crippen LogP contribution in [0.2, 0.25) is 0 Å². The second-order valence-corrected chi connectivity index (χ2v) is 7.10. The zero-order valence-electron chi connectivity index (χ0n) is 13.1. The average molecular weight is 305 g/mol. The molecule has 0 aliphatic heterocycles. The quantitative estimate of drug-likeness (QED) is 0.886. The van der Waals surface area contributed by atoms with Crippen molar-refractivity contribution < 1.29 is 9.84 Å². The topological polar surface area (TPSA) is 42.4 Å². The maximum Gasteiger partial charge on any atom is 0.140 e. The van der Waals surface area contributed by atoms with Crippen LogP contribution >= 0.6 is 11.3 Å². The molecule has 0 amide bonds. The van der Waals surface area contributed by atoms with Gasteiger partial charge < -0.3 is 9.84 Å². The first-order chi connectivity index (χ1) is 9.90. The zero-order chi connectivity index (χ0) is 15.5. The van der Waals surface area contributed by atoms with Crippen LogP contribution < -0.4 is 4.74 Å². The van der Waals surface area contributed by atoms with Gasteiger partial charge in [0.25, 0.3) is 0 Å². The molecule has 1 aromatic heterocycles. The fourth-order valence-corrected chi connectivity index (χ4v) is 2.82. The van der Waals surface area contributed by atoms with E-state index < -0.39 is 6.10 Å². The molecule has 0 radical (unpaired) electrons. The van der Waals surface area contributed by atoms with Crippen molar-refractivity contribution in [1.29, 1.82) is 0 Å². The molecule has 21 heavy (non-hydrogen) atoms. The minimum atomic E-state index is -0.396. The lowest BCUT2D eigenvalue weighted by Crippen LogP contribution is -2.11. The highest BCUT2D eigenvalue weighted by Gasteiger charge is 2.17. The van der Waals surface area contributed by atoms with Gasteiger partial charge in [-0.1, -0.05) is 39.8 Å². The van der Waals surface area contributed by atoms with E-state index in [0.29, 0.717) is 6.61 Å². The van der Waals surface area contributed by atoms with Crippen molar-refractivity contribution in [3.05, 3.63) is 45.9 Å². The predicted octanol–water partition coefficient (Wildman–Crippen LogP) is 4.46. The van der Waals surface area contributed by atoms with Crippen LogP contribution in [0.15, 0.2) is 29.6 Å². The standard InChI is InChI=1S/C17H23NO2S/c1-5-14(19)12-6-8-13(9-7-12)20-10-16-18-15(11-21-16)17(2,3)4/h6-9,11,14,19H,5,10H2,1-4H3/t14-/m0/s1. The Morgan fingerprint density at radius 3 is 2.43 bits per heavy atom. The van der Waals surface area contributed by atoms with E-state index in [4.69, 9.17) is 4.74 Å². The third-order valence-electron chi connectivity index (χ3n) is 3.33. The van der Waals surface area contributed by atoms with Crippen molar-refractivity contribution in [1.82, 2.24) is 4.98 Å². The molecule has 0 saturated heterocycles. The number of aliphatic hydroxyl groups excluding tert-OH is 1. The number of aliphatic hydroxyl groups is 1. The lowest BCUT2D eigenvalue weighted by atomic mass is 9.93. The number of aromatic nitrogens is 1. The van der Waals surface area contributed by atoms with Gasteiger partial charge in [-0.3, -0.25) is 0 Å². The minimum Gasteiger partial charge on any atom is -0.486 e. The Morgan fingerprint density at radius 1 is 1.24 bits per heavy atom. The van der Waals surface area contributed by atoms with Gasteiger partial charge in [0.1, 0.15) is 17.4 Å². The van der Waals surface area contributed by atoms with E-state index in [-0.39, 0.29) is 5.41 Å². The maximum atomic E-state index is 9.76. The van der Waals surface area contributed by atoms with Gasteiger partial charge in [0.2, 0.25) is 0 Å². The Balaban J connectivity index is 1.95. The number of ether oxygens (including phenoxy) is 1. The van der Waals surface area contributed by atoms with E-state index in [0.717, 1.165) is 28.4 Å². The molecule has 3 nitrogen and oxygen atoms in total. The highest BCUT2D eigenvalue weighted by atomic mass is 32.1. The zero-order valence-corrected chi connectivity index (χ0v) is 13.9. The second-order valence-electron chi connectivity index (χ2n) is 6.16. The fraction of sp³-hybridized carbons (Fsp3) is 0.471. The van der Waals surface area contributed by atoms with Crippen molar-refractivity contribution in [3.8, 4) is 5.75 Å². The molecule has 0 spiro atoms. The Labute approximate surface area is 130 Å². The van der Waals surface area contributed by atoms with Gasteiger partial charge in [0.15, 0.2) is 0 Å². The summed E-state index contributed by atoms with van der Waals surface area (Å²) in [7, 11) is 0. The van der Waals surface area contributed by atoms with Crippen LogP contribution in [0.1, 0.15) is 56.5 Å². The van der Waals surface area contributed by atoms with Crippen LogP contribution in [0.3, 0.4) is 0 Å². The van der Waals surface area contributed by atoms with E-state index in [2.05, 4.69) is 31.1 Å². The molecule has 0 saturated carbocycles. The third kappa shape index (κ3) is 4.29. The normalized spacial score (nSPS) is 13.2. The molecule has 0 fully saturated rings. The number of hydrogen-bond acceptors (Lipinski definition) is 4. The van der Waals surface area contributed by atoms with Gasteiger partial charge in [-0.25, -0.2) is 4.98 Å². The van der Waals surface area contributed by atoms with Crippen LogP contribution in [0, 0.1) is 0 Å². The molecule has 0 bridgehead atoms. The summed E-state index contributed by atoms with van der Waals surface area (Å²) in [5, 5.41) is 12.8. The van der Waals surface area contributed by atoms with E-state index in [1.165, 1.54) is 0 Å². The molecular formula is C17H23NO2S. The number of nitrogens with zero attached hydrogens (tertiary/aromatic N) is 1. The van der Waals surface area contributed by atoms with Crippen LogP contribution in [0.5, 0.6) is 5.75 Å². The smallest absolute Gasteiger partial charge is 0.140 e. The monoisotopic (exact) mass is 305 g/mol. The van der Waals surface area contributed by atoms with Gasteiger partial charge >= 0.3 is 0 Å². The average Bonchev–Trinajstić information content (AvgIpc) is 2.94. The highest BCUT2D eigenvalue weighted by molar-refractivity contribution is 7.09. The molecule has 1 N–H and O–H groups in total. The van der Waals surface area contributed by atoms with Crippen molar-refractivity contribution in [2.24, 2.45) is 0 Å². The largest absolute Gasteiger partial charge is 0.486 e. The summed E-state index contributed by atoms with van der Waals surface area (Å²) in [6.07, 6.45) is 0.321. The molecule has 2 rings (SSSR count). The Hall–Kier alpha value is -1.39. The van der Waals surface area contributed by atoms with E-state index >= 15 is 0 Å². The highest BCUT2D eigenvalue weighted by Crippen LogP contribution is 2.25. The predicted molar refractivity (Wildman–Crippen MR) is 86.8 cm³/mol. The summed E-state index contributed by atoms with van der Waals surface area (Å²) in [5.41, 5.74) is 2.11. The summed E-state index contributed by atoms with van der Waals surface area (Å²) in [6.45, 7) is 8.92. The Kier molecular flexibility index (Phi) is 5.01. The Morgan fingerprint density at radius 2 is 1.90 bits per heavy atom. The minimum absolute atomic E-state index is 0.0761. The van der Waals surface area contributed by atoms with E-state index in [1.807, 2.05) is 31.2 Å². The lowest BCUT2D eigenvalue weighted by molar-refractivity contribution is 0.173. The van der Waals surface area contributed by atoms with E-state index in [9.17, 15) is 5.11 Å². The number of rotatable bonds is 5. The van der Waals surface area contributed by atoms with Crippen molar-refractivity contribution in [2.75, 3.05) is 0 Å². The molecule has 114 valence electrons. The first-order valence-corrected chi connectivity index (χ1v) is 8.14. The van der Waals surface area contributed by atoms with Crippen LogP contribution in [-0.4, -0.2) is 10.1 Å². The number of benzene rings is 1. The lowest BCUT2D eigenvalue weighted by Gasteiger charge is -2.14. The molecule has 0 unspecified atom stereocenters. The molecule has 0 aliphatic carbocycles. The third-order valence-corrected chi connectivity index (χ3v) is 4.16. The SMILES string of the molecule is CC[C@H](O)c1ccc(OCc2nc(C(C)(C)C)cs2)cc1. The number of thiazole rings is 1. The molecular weight excluding hydrogens is 282 g/mol. The van der Waals surface area contributed by atoms with Gasteiger partial charge in [-0.05, 0) is 24.1 Å². The van der Waals surface area contributed by atoms with Crippen molar-refractivity contribution in [2.45, 2.75) is 52.2 Å². The van der Waals surface area contributed by atoms with E-state index in [1.54, 1.807) is 11.3 Å². The first kappa shape index (κ1) is 16.0. The second kappa shape index (κ2) is 6.58. The fourth-order valence-electron chi connectivity index (χ4n) is 1.89. The summed E-state index contributed by atoms with van der Waals surface area (Å²) in [6, 6.07) is 7.61. The van der Waals surface area contributed by atoms with Crippen LogP contribution in [0.4, 0.5) is 0 Å².